The second-order valence-corrected chi connectivity index (χ2v) is 9.18. The van der Waals surface area contributed by atoms with Gasteiger partial charge in [0.2, 0.25) is 5.91 Å². The Morgan fingerprint density at radius 1 is 0.897 bits per heavy atom. The van der Waals surface area contributed by atoms with Gasteiger partial charge in [0.1, 0.15) is 11.2 Å². The van der Waals surface area contributed by atoms with E-state index in [0.717, 1.165) is 49.9 Å². The molecule has 0 radical (unpaired) electrons. The number of pyridine rings is 3. The van der Waals surface area contributed by atoms with Crippen LogP contribution < -0.4 is 5.32 Å². The summed E-state index contributed by atoms with van der Waals surface area (Å²) in [5.74, 6) is -0.108. The predicted molar refractivity (Wildman–Crippen MR) is 149 cm³/mol. The monoisotopic (exact) mass is 511 g/mol. The van der Waals surface area contributed by atoms with Gasteiger partial charge in [-0.2, -0.15) is 5.10 Å². The summed E-state index contributed by atoms with van der Waals surface area (Å²) in [5.41, 5.74) is 8.90. The van der Waals surface area contributed by atoms with Gasteiger partial charge in [0.25, 0.3) is 0 Å². The lowest BCUT2D eigenvalue weighted by Gasteiger charge is -2.07. The van der Waals surface area contributed by atoms with E-state index in [1.54, 1.807) is 31.1 Å². The van der Waals surface area contributed by atoms with Crippen LogP contribution in [0.3, 0.4) is 0 Å². The Morgan fingerprint density at radius 2 is 1.79 bits per heavy atom. The van der Waals surface area contributed by atoms with Crippen molar-refractivity contribution in [3.05, 3.63) is 104 Å². The van der Waals surface area contributed by atoms with Crippen molar-refractivity contribution in [2.75, 3.05) is 5.32 Å². The fraction of sp³-hybridized carbons (Fsp3) is 0.0333. The zero-order valence-electron chi connectivity index (χ0n) is 20.6. The summed E-state index contributed by atoms with van der Waals surface area (Å²) in [6.07, 6.45) is 10.6. The van der Waals surface area contributed by atoms with Crippen molar-refractivity contribution in [2.45, 2.75) is 6.42 Å². The quantitative estimate of drug-likeness (QED) is 0.251. The minimum Gasteiger partial charge on any atom is -0.472 e. The molecule has 6 heterocycles. The summed E-state index contributed by atoms with van der Waals surface area (Å²) in [4.78, 5) is 29.6. The fourth-order valence-corrected chi connectivity index (χ4v) is 4.71. The lowest BCUT2D eigenvalue weighted by Crippen LogP contribution is -2.14. The van der Waals surface area contributed by atoms with E-state index < -0.39 is 0 Å². The normalized spacial score (nSPS) is 11.3. The van der Waals surface area contributed by atoms with Gasteiger partial charge in [0.05, 0.1) is 59.4 Å². The average molecular weight is 512 g/mol. The van der Waals surface area contributed by atoms with Crippen LogP contribution in [-0.4, -0.2) is 36.0 Å². The minimum absolute atomic E-state index is 0.108. The van der Waals surface area contributed by atoms with E-state index in [1.165, 1.54) is 0 Å². The number of carbonyl (C=O) groups is 1. The molecule has 188 valence electrons. The molecule has 0 bridgehead atoms. The van der Waals surface area contributed by atoms with Gasteiger partial charge >= 0.3 is 0 Å². The molecule has 1 aromatic carbocycles. The van der Waals surface area contributed by atoms with Gasteiger partial charge in [-0.15, -0.1) is 0 Å². The number of hydrogen-bond donors (Lipinski definition) is 3. The zero-order chi connectivity index (χ0) is 26.2. The first kappa shape index (κ1) is 22.6. The first-order chi connectivity index (χ1) is 19.2. The molecule has 0 aliphatic carbocycles. The van der Waals surface area contributed by atoms with E-state index in [9.17, 15) is 4.79 Å². The van der Waals surface area contributed by atoms with Crippen molar-refractivity contribution in [2.24, 2.45) is 0 Å². The van der Waals surface area contributed by atoms with Gasteiger partial charge in [-0.05, 0) is 35.9 Å². The van der Waals surface area contributed by atoms with E-state index in [-0.39, 0.29) is 12.3 Å². The summed E-state index contributed by atoms with van der Waals surface area (Å²) in [7, 11) is 0. The Bertz CT molecular complexity index is 1940. The van der Waals surface area contributed by atoms with Crippen molar-refractivity contribution < 1.29 is 9.21 Å². The van der Waals surface area contributed by atoms with Crippen LogP contribution >= 0.6 is 0 Å². The smallest absolute Gasteiger partial charge is 0.228 e. The highest BCUT2D eigenvalue weighted by Crippen LogP contribution is 2.34. The van der Waals surface area contributed by atoms with Gasteiger partial charge < -0.3 is 14.7 Å². The number of benzene rings is 1. The predicted octanol–water partition coefficient (Wildman–Crippen LogP) is 6.00. The molecule has 39 heavy (non-hydrogen) atoms. The Morgan fingerprint density at radius 3 is 2.67 bits per heavy atom. The summed E-state index contributed by atoms with van der Waals surface area (Å²) in [6.45, 7) is 0. The van der Waals surface area contributed by atoms with Gasteiger partial charge in [0.15, 0.2) is 0 Å². The second kappa shape index (κ2) is 9.38. The number of amides is 1. The van der Waals surface area contributed by atoms with Crippen LogP contribution in [-0.2, 0) is 11.2 Å². The molecule has 0 fully saturated rings. The van der Waals surface area contributed by atoms with Crippen molar-refractivity contribution in [1.29, 1.82) is 0 Å². The number of nitrogens with zero attached hydrogens (tertiary/aromatic N) is 4. The first-order valence-electron chi connectivity index (χ1n) is 12.4. The number of rotatable bonds is 6. The third-order valence-electron chi connectivity index (χ3n) is 6.57. The molecule has 9 nitrogen and oxygen atoms in total. The van der Waals surface area contributed by atoms with Crippen LogP contribution in [0.5, 0.6) is 0 Å². The Balaban J connectivity index is 1.21. The second-order valence-electron chi connectivity index (χ2n) is 9.18. The number of aromatic nitrogens is 6. The number of furan rings is 1. The van der Waals surface area contributed by atoms with Crippen molar-refractivity contribution in [3.8, 4) is 33.8 Å². The Labute approximate surface area is 222 Å². The molecule has 0 saturated heterocycles. The van der Waals surface area contributed by atoms with Gasteiger partial charge in [-0.25, -0.2) is 4.98 Å². The van der Waals surface area contributed by atoms with Gasteiger partial charge in [0, 0.05) is 34.5 Å². The summed E-state index contributed by atoms with van der Waals surface area (Å²) in [5, 5.41) is 11.6. The third kappa shape index (κ3) is 4.31. The van der Waals surface area contributed by atoms with E-state index in [2.05, 4.69) is 30.5 Å². The van der Waals surface area contributed by atoms with E-state index in [0.29, 0.717) is 17.1 Å². The standard InChI is InChI=1S/C30H21N7O2/c38-28(10-18-4-2-1-3-5-18)33-21-11-20(13-31-14-21)24-6-7-25-29(35-24)30(37-36-25)26-12-22-23(19-8-9-39-17-19)15-32-16-27(22)34-26/h1-9,11-17,34H,10H2,(H,33,38)(H,36,37). The molecular formula is C30H21N7O2. The van der Waals surface area contributed by atoms with Crippen LogP contribution in [0.1, 0.15) is 5.56 Å². The van der Waals surface area contributed by atoms with Crippen LogP contribution in [0.4, 0.5) is 5.69 Å². The van der Waals surface area contributed by atoms with Crippen LogP contribution in [0.25, 0.3) is 55.7 Å². The van der Waals surface area contributed by atoms with Crippen molar-refractivity contribution in [3.63, 3.8) is 0 Å². The van der Waals surface area contributed by atoms with E-state index >= 15 is 0 Å². The van der Waals surface area contributed by atoms with Gasteiger partial charge in [-0.3, -0.25) is 19.9 Å². The Kier molecular flexibility index (Phi) is 5.44. The van der Waals surface area contributed by atoms with E-state index in [4.69, 9.17) is 9.40 Å². The van der Waals surface area contributed by atoms with Crippen molar-refractivity contribution in [1.82, 2.24) is 30.1 Å². The van der Waals surface area contributed by atoms with Crippen LogP contribution in [0.2, 0.25) is 0 Å². The molecule has 0 aliphatic heterocycles. The molecule has 9 heteroatoms. The molecule has 0 spiro atoms. The fourth-order valence-electron chi connectivity index (χ4n) is 4.71. The molecule has 0 aliphatic rings. The maximum atomic E-state index is 12.6. The number of nitrogens with one attached hydrogen (secondary N) is 3. The largest absolute Gasteiger partial charge is 0.472 e. The molecule has 7 rings (SSSR count). The number of carbonyl (C=O) groups excluding carboxylic acids is 1. The molecule has 0 atom stereocenters. The molecule has 6 aromatic heterocycles. The maximum Gasteiger partial charge on any atom is 0.228 e. The SMILES string of the molecule is O=C(Cc1ccccc1)Nc1cncc(-c2ccc3[nH]nc(-c4cc5c(-c6ccoc6)cncc5[nH]4)c3n2)c1. The van der Waals surface area contributed by atoms with Gasteiger partial charge in [-0.1, -0.05) is 30.3 Å². The van der Waals surface area contributed by atoms with Crippen LogP contribution in [0.15, 0.2) is 102 Å². The summed E-state index contributed by atoms with van der Waals surface area (Å²) < 4.78 is 5.27. The highest BCUT2D eigenvalue weighted by atomic mass is 16.3. The summed E-state index contributed by atoms with van der Waals surface area (Å²) >= 11 is 0. The highest BCUT2D eigenvalue weighted by Gasteiger charge is 2.16. The van der Waals surface area contributed by atoms with Crippen LogP contribution in [0, 0.1) is 0 Å². The molecule has 7 aromatic rings. The molecule has 3 N–H and O–H groups in total. The number of aromatic amines is 2. The molecule has 1 amide bonds. The number of H-pyrrole nitrogens is 2. The maximum absolute atomic E-state index is 12.6. The lowest BCUT2D eigenvalue weighted by atomic mass is 10.1. The first-order valence-corrected chi connectivity index (χ1v) is 12.4. The highest BCUT2D eigenvalue weighted by molar-refractivity contribution is 6.00. The number of anilines is 1. The summed E-state index contributed by atoms with van der Waals surface area (Å²) in [6, 6.07) is 19.3. The number of fused-ring (bicyclic) bond motifs is 2. The molecule has 0 unspecified atom stereocenters. The topological polar surface area (TPSA) is 125 Å². The third-order valence-corrected chi connectivity index (χ3v) is 6.57. The molecular weight excluding hydrogens is 490 g/mol. The number of hydrogen-bond acceptors (Lipinski definition) is 6. The molecule has 0 saturated carbocycles. The average Bonchev–Trinajstić information content (AvgIpc) is 3.73. The lowest BCUT2D eigenvalue weighted by molar-refractivity contribution is -0.115. The zero-order valence-corrected chi connectivity index (χ0v) is 20.6. The minimum atomic E-state index is -0.108. The van der Waals surface area contributed by atoms with E-state index in [1.807, 2.05) is 66.9 Å². The Hall–Kier alpha value is -5.57. The van der Waals surface area contributed by atoms with Crippen molar-refractivity contribution >= 4 is 33.5 Å².